The number of amides is 2. The number of rotatable bonds is 14. The van der Waals surface area contributed by atoms with Gasteiger partial charge in [-0.3, -0.25) is 13.9 Å². The summed E-state index contributed by atoms with van der Waals surface area (Å²) in [5.41, 5.74) is 3.68. The van der Waals surface area contributed by atoms with Crippen LogP contribution in [0.2, 0.25) is 10.0 Å². The summed E-state index contributed by atoms with van der Waals surface area (Å²) in [6, 6.07) is 27.1. The zero-order valence-corrected chi connectivity index (χ0v) is 30.3. The highest BCUT2D eigenvalue weighted by Gasteiger charge is 2.35. The van der Waals surface area contributed by atoms with Gasteiger partial charge < -0.3 is 10.2 Å². The van der Waals surface area contributed by atoms with Gasteiger partial charge in [-0.15, -0.1) is 0 Å². The quantitative estimate of drug-likeness (QED) is 0.144. The molecule has 10 heteroatoms. The van der Waals surface area contributed by atoms with E-state index in [1.54, 1.807) is 42.5 Å². The van der Waals surface area contributed by atoms with Gasteiger partial charge in [-0.25, -0.2) is 8.42 Å². The summed E-state index contributed by atoms with van der Waals surface area (Å²) in [5.74, 6) is -0.513. The standard InChI is InChI=1S/C38H43Cl2N3O4S/c1-26(2)23-41-38(45)36(21-29-9-7-6-8-10-29)42(24-31-13-16-32(39)22-35(31)40)37(44)25-43(33-17-14-30(15-18-33)27(3)4)48(46,47)34-19-11-28(5)12-20-34/h6-20,22,26-27,36H,21,23-25H2,1-5H3,(H,41,45)/t36-/m1/s1. The number of sulfonamides is 1. The summed E-state index contributed by atoms with van der Waals surface area (Å²) in [7, 11) is -4.20. The lowest BCUT2D eigenvalue weighted by Gasteiger charge is -2.34. The highest BCUT2D eigenvalue weighted by Crippen LogP contribution is 2.28. The predicted molar refractivity (Wildman–Crippen MR) is 195 cm³/mol. The van der Waals surface area contributed by atoms with E-state index in [9.17, 15) is 18.0 Å². The molecule has 0 unspecified atom stereocenters. The average Bonchev–Trinajstić information content (AvgIpc) is 3.05. The van der Waals surface area contributed by atoms with Crippen molar-refractivity contribution in [1.29, 1.82) is 0 Å². The van der Waals surface area contributed by atoms with Gasteiger partial charge in [0.1, 0.15) is 12.6 Å². The number of nitrogens with one attached hydrogen (secondary N) is 1. The van der Waals surface area contributed by atoms with Gasteiger partial charge in [0.15, 0.2) is 0 Å². The highest BCUT2D eigenvalue weighted by atomic mass is 35.5. The SMILES string of the molecule is Cc1ccc(S(=O)(=O)N(CC(=O)N(Cc2ccc(Cl)cc2Cl)[C@H](Cc2ccccc2)C(=O)NCC(C)C)c2ccc(C(C)C)cc2)cc1. The summed E-state index contributed by atoms with van der Waals surface area (Å²) in [6.45, 7) is 9.76. The van der Waals surface area contributed by atoms with E-state index in [1.165, 1.54) is 17.0 Å². The van der Waals surface area contributed by atoms with Gasteiger partial charge in [0.2, 0.25) is 11.8 Å². The molecule has 0 aliphatic carbocycles. The maximum atomic E-state index is 14.7. The van der Waals surface area contributed by atoms with Gasteiger partial charge in [0.25, 0.3) is 10.0 Å². The van der Waals surface area contributed by atoms with Gasteiger partial charge in [-0.2, -0.15) is 0 Å². The van der Waals surface area contributed by atoms with Crippen LogP contribution in [-0.4, -0.2) is 44.3 Å². The second-order valence-corrected chi connectivity index (χ2v) is 15.4. The minimum atomic E-state index is -4.20. The van der Waals surface area contributed by atoms with Crippen molar-refractivity contribution in [2.24, 2.45) is 5.92 Å². The lowest BCUT2D eigenvalue weighted by Crippen LogP contribution is -2.53. The van der Waals surface area contributed by atoms with E-state index in [-0.39, 0.29) is 35.6 Å². The van der Waals surface area contributed by atoms with E-state index in [1.807, 2.05) is 63.2 Å². The van der Waals surface area contributed by atoms with Gasteiger partial charge in [-0.1, -0.05) is 117 Å². The number of nitrogens with zero attached hydrogens (tertiary/aromatic N) is 2. The fourth-order valence-corrected chi connectivity index (χ4v) is 7.08. The Morgan fingerprint density at radius 3 is 2.06 bits per heavy atom. The van der Waals surface area contributed by atoms with Crippen LogP contribution >= 0.6 is 23.2 Å². The molecule has 0 spiro atoms. The van der Waals surface area contributed by atoms with Crippen LogP contribution in [0.15, 0.2) is 102 Å². The molecule has 0 radical (unpaired) electrons. The molecule has 0 saturated carbocycles. The fourth-order valence-electron chi connectivity index (χ4n) is 5.20. The lowest BCUT2D eigenvalue weighted by atomic mass is 10.0. The van der Waals surface area contributed by atoms with E-state index >= 15 is 0 Å². The van der Waals surface area contributed by atoms with Crippen LogP contribution in [0.3, 0.4) is 0 Å². The molecule has 0 heterocycles. The molecule has 0 aliphatic heterocycles. The van der Waals surface area contributed by atoms with Crippen LogP contribution in [0.4, 0.5) is 5.69 Å². The Labute approximate surface area is 294 Å². The zero-order chi connectivity index (χ0) is 35.0. The molecule has 0 fully saturated rings. The zero-order valence-electron chi connectivity index (χ0n) is 28.0. The molecule has 1 N–H and O–H groups in total. The van der Waals surface area contributed by atoms with Crippen molar-refractivity contribution in [3.8, 4) is 0 Å². The van der Waals surface area contributed by atoms with Crippen molar-refractivity contribution in [1.82, 2.24) is 10.2 Å². The second-order valence-electron chi connectivity index (χ2n) is 12.7. The van der Waals surface area contributed by atoms with Crippen LogP contribution in [0.5, 0.6) is 0 Å². The van der Waals surface area contributed by atoms with Crippen molar-refractivity contribution in [2.75, 3.05) is 17.4 Å². The number of benzene rings is 4. The van der Waals surface area contributed by atoms with Crippen LogP contribution in [0.25, 0.3) is 0 Å². The Morgan fingerprint density at radius 1 is 0.833 bits per heavy atom. The number of carbonyl (C=O) groups excluding carboxylic acids is 2. The molecule has 1 atom stereocenters. The van der Waals surface area contributed by atoms with Crippen LogP contribution in [0, 0.1) is 12.8 Å². The minimum absolute atomic E-state index is 0.0495. The molecule has 4 rings (SSSR count). The first-order valence-electron chi connectivity index (χ1n) is 16.0. The largest absolute Gasteiger partial charge is 0.354 e. The number of hydrogen-bond donors (Lipinski definition) is 1. The molecular formula is C38H43Cl2N3O4S. The van der Waals surface area contributed by atoms with Crippen LogP contribution in [-0.2, 0) is 32.6 Å². The third-order valence-corrected chi connectivity index (χ3v) is 10.4. The third-order valence-electron chi connectivity index (χ3n) is 8.05. The fraction of sp³-hybridized carbons (Fsp3) is 0.316. The second kappa shape index (κ2) is 16.5. The van der Waals surface area contributed by atoms with E-state index in [4.69, 9.17) is 23.2 Å². The Morgan fingerprint density at radius 2 is 1.48 bits per heavy atom. The molecule has 7 nitrogen and oxygen atoms in total. The van der Waals surface area contributed by atoms with E-state index in [0.717, 1.165) is 21.0 Å². The van der Waals surface area contributed by atoms with Gasteiger partial charge in [0.05, 0.1) is 10.6 Å². The topological polar surface area (TPSA) is 86.8 Å². The minimum Gasteiger partial charge on any atom is -0.354 e. The summed E-state index contributed by atoms with van der Waals surface area (Å²) >= 11 is 12.8. The first kappa shape index (κ1) is 37.0. The average molecular weight is 709 g/mol. The molecular weight excluding hydrogens is 665 g/mol. The third kappa shape index (κ3) is 9.62. The number of anilines is 1. The molecule has 4 aromatic rings. The monoisotopic (exact) mass is 707 g/mol. The van der Waals surface area contributed by atoms with Gasteiger partial charge in [0, 0.05) is 29.6 Å². The molecule has 48 heavy (non-hydrogen) atoms. The summed E-state index contributed by atoms with van der Waals surface area (Å²) in [4.78, 5) is 30.1. The lowest BCUT2D eigenvalue weighted by molar-refractivity contribution is -0.140. The van der Waals surface area contributed by atoms with E-state index < -0.39 is 28.5 Å². The Balaban J connectivity index is 1.83. The van der Waals surface area contributed by atoms with Crippen LogP contribution < -0.4 is 9.62 Å². The maximum absolute atomic E-state index is 14.7. The van der Waals surface area contributed by atoms with Gasteiger partial charge in [-0.05, 0) is 71.8 Å². The first-order chi connectivity index (χ1) is 22.8. The highest BCUT2D eigenvalue weighted by molar-refractivity contribution is 7.92. The molecule has 0 bridgehead atoms. The van der Waals surface area contributed by atoms with E-state index in [0.29, 0.717) is 27.8 Å². The number of hydrogen-bond acceptors (Lipinski definition) is 4. The Hall–Kier alpha value is -3.85. The summed E-state index contributed by atoms with van der Waals surface area (Å²) in [5, 5.41) is 3.75. The van der Waals surface area contributed by atoms with Crippen LogP contribution in [0.1, 0.15) is 55.9 Å². The normalized spacial score (nSPS) is 12.2. The number of aryl methyl sites for hydroxylation is 1. The molecule has 2 amide bonds. The summed E-state index contributed by atoms with van der Waals surface area (Å²) in [6.07, 6.45) is 0.204. The molecule has 0 aromatic heterocycles. The predicted octanol–water partition coefficient (Wildman–Crippen LogP) is 8.03. The molecule has 254 valence electrons. The summed E-state index contributed by atoms with van der Waals surface area (Å²) < 4.78 is 29.7. The Bertz CT molecular complexity index is 1800. The van der Waals surface area contributed by atoms with Crippen molar-refractivity contribution < 1.29 is 18.0 Å². The maximum Gasteiger partial charge on any atom is 0.264 e. The van der Waals surface area contributed by atoms with Gasteiger partial charge >= 0.3 is 0 Å². The van der Waals surface area contributed by atoms with Crippen molar-refractivity contribution in [3.63, 3.8) is 0 Å². The molecule has 0 saturated heterocycles. The van der Waals surface area contributed by atoms with Crippen molar-refractivity contribution >= 4 is 50.7 Å². The van der Waals surface area contributed by atoms with E-state index in [2.05, 4.69) is 19.2 Å². The van der Waals surface area contributed by atoms with Crippen molar-refractivity contribution in [2.45, 2.75) is 64.4 Å². The number of halogens is 2. The first-order valence-corrected chi connectivity index (χ1v) is 18.2. The van der Waals surface area contributed by atoms with Crippen molar-refractivity contribution in [3.05, 3.63) is 129 Å². The molecule has 0 aliphatic rings. The smallest absolute Gasteiger partial charge is 0.264 e. The Kier molecular flexibility index (Phi) is 12.7. The molecule has 4 aromatic carbocycles. The number of carbonyl (C=O) groups is 2.